The van der Waals surface area contributed by atoms with E-state index in [0.29, 0.717) is 0 Å². The number of aliphatic hydroxyl groups is 1. The van der Waals surface area contributed by atoms with Crippen LogP contribution in [-0.4, -0.2) is 29.8 Å². The molecule has 0 saturated carbocycles. The van der Waals surface area contributed by atoms with Gasteiger partial charge in [-0.05, 0) is 54.2 Å². The molecular weight excluding hydrogens is 368 g/mol. The van der Waals surface area contributed by atoms with Crippen molar-refractivity contribution in [2.24, 2.45) is 5.41 Å². The third kappa shape index (κ3) is 4.52. The zero-order valence-electron chi connectivity index (χ0n) is 18.4. The lowest BCUT2D eigenvalue weighted by Crippen LogP contribution is -2.28. The van der Waals surface area contributed by atoms with Gasteiger partial charge in [-0.1, -0.05) is 69.5 Å². The van der Waals surface area contributed by atoms with Gasteiger partial charge in [0.05, 0.1) is 12.1 Å². The van der Waals surface area contributed by atoms with E-state index in [1.807, 2.05) is 0 Å². The number of nitrogens with zero attached hydrogens (tertiary/aromatic N) is 2. The number of unbranched alkanes of at least 4 members (excludes halogenated alkanes) is 3. The second kappa shape index (κ2) is 9.18. The lowest BCUT2D eigenvalue weighted by atomic mass is 9.91. The summed E-state index contributed by atoms with van der Waals surface area (Å²) in [5.74, 6) is 1.02. The lowest BCUT2D eigenvalue weighted by molar-refractivity contribution is 0.162. The highest BCUT2D eigenvalue weighted by Crippen LogP contribution is 2.36. The van der Waals surface area contributed by atoms with Crippen molar-refractivity contribution in [1.82, 2.24) is 4.98 Å². The standard InChI is InChI=1S/C27H34N2O/c1-3-4-5-7-10-21-13-14-25-24(17-21)23(22-11-8-6-9-12-22)18-26(28-25)29-16-15-27(2,19-29)20-30/h6,8-9,11-14,17-18,30H,3-5,7,10,15-16,19-20H2,1-2H3. The van der Waals surface area contributed by atoms with Gasteiger partial charge in [0.25, 0.3) is 0 Å². The normalized spacial score (nSPS) is 19.0. The first-order valence-corrected chi connectivity index (χ1v) is 11.5. The number of aromatic nitrogens is 1. The van der Waals surface area contributed by atoms with Crippen molar-refractivity contribution in [1.29, 1.82) is 0 Å². The number of pyridine rings is 1. The first-order valence-electron chi connectivity index (χ1n) is 11.5. The van der Waals surface area contributed by atoms with E-state index in [1.165, 1.54) is 47.8 Å². The summed E-state index contributed by atoms with van der Waals surface area (Å²) in [6.45, 7) is 6.45. The average molecular weight is 403 g/mol. The van der Waals surface area contributed by atoms with E-state index in [9.17, 15) is 5.11 Å². The number of benzene rings is 2. The van der Waals surface area contributed by atoms with Crippen molar-refractivity contribution in [3.05, 3.63) is 60.2 Å². The minimum Gasteiger partial charge on any atom is -0.396 e. The van der Waals surface area contributed by atoms with Gasteiger partial charge in [-0.25, -0.2) is 4.98 Å². The summed E-state index contributed by atoms with van der Waals surface area (Å²) in [7, 11) is 0. The molecule has 1 fully saturated rings. The van der Waals surface area contributed by atoms with Crippen LogP contribution in [0.2, 0.25) is 0 Å². The SMILES string of the molecule is CCCCCCc1ccc2nc(N3CCC(C)(CO)C3)cc(-c3ccccc3)c2c1. The molecule has 1 atom stereocenters. The van der Waals surface area contributed by atoms with Gasteiger partial charge in [0.15, 0.2) is 0 Å². The van der Waals surface area contributed by atoms with Crippen molar-refractivity contribution < 1.29 is 5.11 Å². The maximum absolute atomic E-state index is 9.78. The Kier molecular flexibility index (Phi) is 6.38. The molecule has 1 N–H and O–H groups in total. The highest BCUT2D eigenvalue weighted by atomic mass is 16.3. The highest BCUT2D eigenvalue weighted by Gasteiger charge is 2.34. The fraction of sp³-hybridized carbons (Fsp3) is 0.444. The monoisotopic (exact) mass is 402 g/mol. The quantitative estimate of drug-likeness (QED) is 0.454. The Bertz CT molecular complexity index is 985. The molecule has 0 amide bonds. The Hall–Kier alpha value is -2.39. The number of rotatable bonds is 8. The molecule has 4 rings (SSSR count). The third-order valence-corrected chi connectivity index (χ3v) is 6.53. The smallest absolute Gasteiger partial charge is 0.129 e. The molecule has 1 saturated heterocycles. The molecule has 0 bridgehead atoms. The molecule has 0 radical (unpaired) electrons. The molecule has 30 heavy (non-hydrogen) atoms. The van der Waals surface area contributed by atoms with Crippen LogP contribution in [0.3, 0.4) is 0 Å². The van der Waals surface area contributed by atoms with Crippen LogP contribution in [0.15, 0.2) is 54.6 Å². The molecule has 3 nitrogen and oxygen atoms in total. The highest BCUT2D eigenvalue weighted by molar-refractivity contribution is 5.96. The van der Waals surface area contributed by atoms with Crippen LogP contribution >= 0.6 is 0 Å². The molecule has 1 aliphatic heterocycles. The Morgan fingerprint density at radius 1 is 1.03 bits per heavy atom. The molecular formula is C27H34N2O. The average Bonchev–Trinajstić information content (AvgIpc) is 3.19. The minimum atomic E-state index is -0.0358. The predicted octanol–water partition coefficient (Wildman–Crippen LogP) is 6.23. The summed E-state index contributed by atoms with van der Waals surface area (Å²) in [6, 6.07) is 19.7. The van der Waals surface area contributed by atoms with Gasteiger partial charge in [0, 0.05) is 23.9 Å². The van der Waals surface area contributed by atoms with Crippen molar-refractivity contribution >= 4 is 16.7 Å². The Morgan fingerprint density at radius 2 is 1.87 bits per heavy atom. The number of aryl methyl sites for hydroxylation is 1. The lowest BCUT2D eigenvalue weighted by Gasteiger charge is -2.23. The van der Waals surface area contributed by atoms with Gasteiger partial charge in [-0.3, -0.25) is 0 Å². The van der Waals surface area contributed by atoms with E-state index in [4.69, 9.17) is 4.98 Å². The van der Waals surface area contributed by atoms with Gasteiger partial charge in [-0.2, -0.15) is 0 Å². The Labute approximate surface area is 180 Å². The van der Waals surface area contributed by atoms with Crippen LogP contribution in [-0.2, 0) is 6.42 Å². The van der Waals surface area contributed by atoms with E-state index in [0.717, 1.165) is 37.3 Å². The van der Waals surface area contributed by atoms with Crippen LogP contribution in [0.5, 0.6) is 0 Å². The van der Waals surface area contributed by atoms with Crippen molar-refractivity contribution in [3.63, 3.8) is 0 Å². The fourth-order valence-corrected chi connectivity index (χ4v) is 4.54. The molecule has 0 spiro atoms. The van der Waals surface area contributed by atoms with Crippen LogP contribution in [0.25, 0.3) is 22.0 Å². The topological polar surface area (TPSA) is 36.4 Å². The summed E-state index contributed by atoms with van der Waals surface area (Å²) in [6.07, 6.45) is 7.27. The molecule has 1 aromatic heterocycles. The summed E-state index contributed by atoms with van der Waals surface area (Å²) < 4.78 is 0. The molecule has 2 aromatic carbocycles. The number of aliphatic hydroxyl groups excluding tert-OH is 1. The van der Waals surface area contributed by atoms with Crippen molar-refractivity contribution in [2.75, 3.05) is 24.6 Å². The van der Waals surface area contributed by atoms with E-state index in [1.54, 1.807) is 0 Å². The van der Waals surface area contributed by atoms with E-state index < -0.39 is 0 Å². The van der Waals surface area contributed by atoms with E-state index in [2.05, 4.69) is 73.3 Å². The largest absolute Gasteiger partial charge is 0.396 e. The van der Waals surface area contributed by atoms with Gasteiger partial charge in [-0.15, -0.1) is 0 Å². The van der Waals surface area contributed by atoms with Crippen LogP contribution in [0.1, 0.15) is 51.5 Å². The molecule has 158 valence electrons. The number of hydrogen-bond acceptors (Lipinski definition) is 3. The van der Waals surface area contributed by atoms with Gasteiger partial charge in [0.1, 0.15) is 5.82 Å². The van der Waals surface area contributed by atoms with E-state index >= 15 is 0 Å². The van der Waals surface area contributed by atoms with Gasteiger partial charge in [0.2, 0.25) is 0 Å². The molecule has 1 aliphatic rings. The fourth-order valence-electron chi connectivity index (χ4n) is 4.54. The van der Waals surface area contributed by atoms with E-state index in [-0.39, 0.29) is 12.0 Å². The Morgan fingerprint density at radius 3 is 2.60 bits per heavy atom. The second-order valence-corrected chi connectivity index (χ2v) is 9.20. The summed E-state index contributed by atoms with van der Waals surface area (Å²) in [5, 5.41) is 11.0. The zero-order chi connectivity index (χ0) is 21.0. The number of fused-ring (bicyclic) bond motifs is 1. The first kappa shape index (κ1) is 20.9. The molecule has 3 heteroatoms. The van der Waals surface area contributed by atoms with Crippen molar-refractivity contribution in [2.45, 2.75) is 52.4 Å². The summed E-state index contributed by atoms with van der Waals surface area (Å²) in [4.78, 5) is 7.37. The second-order valence-electron chi connectivity index (χ2n) is 9.20. The third-order valence-electron chi connectivity index (χ3n) is 6.53. The van der Waals surface area contributed by atoms with Crippen LogP contribution in [0.4, 0.5) is 5.82 Å². The molecule has 0 aliphatic carbocycles. The zero-order valence-corrected chi connectivity index (χ0v) is 18.4. The summed E-state index contributed by atoms with van der Waals surface area (Å²) >= 11 is 0. The molecule has 3 aromatic rings. The Balaban J connectivity index is 1.72. The molecule has 2 heterocycles. The molecule has 1 unspecified atom stereocenters. The van der Waals surface area contributed by atoms with Crippen molar-refractivity contribution in [3.8, 4) is 11.1 Å². The first-order chi connectivity index (χ1) is 14.6. The predicted molar refractivity (Wildman–Crippen MR) is 127 cm³/mol. The minimum absolute atomic E-state index is 0.0358. The van der Waals surface area contributed by atoms with Gasteiger partial charge < -0.3 is 10.0 Å². The van der Waals surface area contributed by atoms with Gasteiger partial charge >= 0.3 is 0 Å². The van der Waals surface area contributed by atoms with Crippen LogP contribution in [0, 0.1) is 5.41 Å². The number of anilines is 1. The van der Waals surface area contributed by atoms with Crippen LogP contribution < -0.4 is 4.90 Å². The number of hydrogen-bond donors (Lipinski definition) is 1. The maximum Gasteiger partial charge on any atom is 0.129 e. The maximum atomic E-state index is 9.78. The summed E-state index contributed by atoms with van der Waals surface area (Å²) in [5.41, 5.74) is 4.91.